The summed E-state index contributed by atoms with van der Waals surface area (Å²) in [7, 11) is 0. The highest BCUT2D eigenvalue weighted by Gasteiger charge is 2.15. The van der Waals surface area contributed by atoms with E-state index in [4.69, 9.17) is 5.73 Å². The minimum atomic E-state index is -2.89. The van der Waals surface area contributed by atoms with E-state index in [0.717, 1.165) is 0 Å². The third-order valence-electron chi connectivity index (χ3n) is 2.55. The number of carbonyl (C=O) groups excluding carboxylic acids is 1. The van der Waals surface area contributed by atoms with E-state index in [9.17, 15) is 13.6 Å². The molecule has 0 unspecified atom stereocenters. The van der Waals surface area contributed by atoms with Crippen LogP contribution in [0.1, 0.15) is 16.2 Å². The second kappa shape index (κ2) is 5.55. The first kappa shape index (κ1) is 13.8. The number of ether oxygens (including phenoxy) is 1. The molecule has 0 aliphatic heterocycles. The number of hydrogen-bond acceptors (Lipinski definition) is 4. The number of nitrogen functional groups attached to an aromatic ring is 1. The summed E-state index contributed by atoms with van der Waals surface area (Å²) in [6, 6.07) is 5.51. The molecule has 0 bridgehead atoms. The largest absolute Gasteiger partial charge is 0.435 e. The van der Waals surface area contributed by atoms with E-state index < -0.39 is 12.5 Å². The molecular formula is C12H12F2N4O2. The topological polar surface area (TPSA) is 93.0 Å². The average Bonchev–Trinajstić information content (AvgIpc) is 2.72. The number of H-pyrrole nitrogens is 1. The van der Waals surface area contributed by atoms with Gasteiger partial charge in [-0.25, -0.2) is 0 Å². The summed E-state index contributed by atoms with van der Waals surface area (Å²) in [6.45, 7) is -1.20. The van der Waals surface area contributed by atoms with Gasteiger partial charge in [-0.1, -0.05) is 0 Å². The van der Waals surface area contributed by atoms with E-state index >= 15 is 0 Å². The number of nitrogens with one attached hydrogen (secondary N) is 2. The molecule has 106 valence electrons. The van der Waals surface area contributed by atoms with Crippen molar-refractivity contribution >= 4 is 17.3 Å². The van der Waals surface area contributed by atoms with Crippen LogP contribution in [0.25, 0.3) is 0 Å². The number of carbonyl (C=O) groups is 1. The molecule has 1 aromatic heterocycles. The Kier molecular flexibility index (Phi) is 3.83. The van der Waals surface area contributed by atoms with E-state index in [1.54, 1.807) is 6.92 Å². The lowest BCUT2D eigenvalue weighted by molar-refractivity contribution is -0.0498. The van der Waals surface area contributed by atoms with Crippen LogP contribution in [0.3, 0.4) is 0 Å². The van der Waals surface area contributed by atoms with Crippen molar-refractivity contribution in [2.45, 2.75) is 13.5 Å². The van der Waals surface area contributed by atoms with Gasteiger partial charge in [-0.15, -0.1) is 0 Å². The van der Waals surface area contributed by atoms with Gasteiger partial charge in [0.25, 0.3) is 5.91 Å². The van der Waals surface area contributed by atoms with Crippen molar-refractivity contribution < 1.29 is 18.3 Å². The van der Waals surface area contributed by atoms with Gasteiger partial charge >= 0.3 is 6.61 Å². The van der Waals surface area contributed by atoms with Crippen molar-refractivity contribution in [2.24, 2.45) is 0 Å². The van der Waals surface area contributed by atoms with Gasteiger partial charge in [0.2, 0.25) is 0 Å². The Balaban J connectivity index is 2.06. The Morgan fingerprint density at radius 2 is 2.05 bits per heavy atom. The summed E-state index contributed by atoms with van der Waals surface area (Å²) < 4.78 is 28.2. The third kappa shape index (κ3) is 3.02. The van der Waals surface area contributed by atoms with Crippen molar-refractivity contribution in [3.05, 3.63) is 35.7 Å². The maximum absolute atomic E-state index is 12.0. The number of hydrogen-bond donors (Lipinski definition) is 3. The van der Waals surface area contributed by atoms with E-state index in [1.165, 1.54) is 24.3 Å². The molecule has 6 nitrogen and oxygen atoms in total. The molecule has 20 heavy (non-hydrogen) atoms. The van der Waals surface area contributed by atoms with Gasteiger partial charge in [0.1, 0.15) is 5.75 Å². The fourth-order valence-corrected chi connectivity index (χ4v) is 1.52. The van der Waals surface area contributed by atoms with Gasteiger partial charge in [0, 0.05) is 5.69 Å². The molecule has 4 N–H and O–H groups in total. The van der Waals surface area contributed by atoms with E-state index in [1.807, 2.05) is 0 Å². The molecule has 1 heterocycles. The highest BCUT2D eigenvalue weighted by molar-refractivity contribution is 6.06. The van der Waals surface area contributed by atoms with Crippen LogP contribution in [0.15, 0.2) is 24.3 Å². The van der Waals surface area contributed by atoms with Crippen LogP contribution in [-0.4, -0.2) is 22.7 Å². The summed E-state index contributed by atoms with van der Waals surface area (Å²) >= 11 is 0. The molecule has 0 saturated heterocycles. The average molecular weight is 282 g/mol. The quantitative estimate of drug-likeness (QED) is 0.801. The van der Waals surface area contributed by atoms with Crippen molar-refractivity contribution in [3.8, 4) is 5.75 Å². The van der Waals surface area contributed by atoms with Crippen LogP contribution < -0.4 is 15.8 Å². The number of aromatic nitrogens is 2. The van der Waals surface area contributed by atoms with Crippen LogP contribution in [-0.2, 0) is 0 Å². The Labute approximate surface area is 112 Å². The zero-order chi connectivity index (χ0) is 14.7. The highest BCUT2D eigenvalue weighted by atomic mass is 19.3. The first-order chi connectivity index (χ1) is 9.47. The summed E-state index contributed by atoms with van der Waals surface area (Å²) in [6.07, 6.45) is 0. The molecule has 0 aliphatic carbocycles. The Morgan fingerprint density at radius 1 is 1.40 bits per heavy atom. The molecule has 1 amide bonds. The minimum Gasteiger partial charge on any atom is -0.435 e. The molecule has 0 fully saturated rings. The molecule has 2 aromatic rings. The number of anilines is 2. The lowest BCUT2D eigenvalue weighted by Gasteiger charge is -2.06. The number of benzene rings is 1. The predicted octanol–water partition coefficient (Wildman–Crippen LogP) is 2.15. The van der Waals surface area contributed by atoms with Crippen molar-refractivity contribution in [2.75, 3.05) is 11.1 Å². The summed E-state index contributed by atoms with van der Waals surface area (Å²) in [5, 5.41) is 8.93. The lowest BCUT2D eigenvalue weighted by atomic mass is 10.2. The molecule has 0 saturated carbocycles. The standard InChI is InChI=1S/C12H12F2N4O2/c1-6-9(15)10(18-17-6)11(19)16-7-2-4-8(5-3-7)20-12(13)14/h2-5,12H,15H2,1H3,(H,16,19)(H,17,18). The van der Waals surface area contributed by atoms with Gasteiger partial charge in [0.15, 0.2) is 5.69 Å². The summed E-state index contributed by atoms with van der Waals surface area (Å²) in [4.78, 5) is 11.9. The molecule has 2 rings (SSSR count). The fourth-order valence-electron chi connectivity index (χ4n) is 1.52. The Bertz CT molecular complexity index is 610. The van der Waals surface area contributed by atoms with Crippen LogP contribution in [0.5, 0.6) is 5.75 Å². The van der Waals surface area contributed by atoms with Gasteiger partial charge in [-0.2, -0.15) is 13.9 Å². The number of halogens is 2. The normalized spacial score (nSPS) is 10.6. The third-order valence-corrected chi connectivity index (χ3v) is 2.55. The molecule has 0 radical (unpaired) electrons. The van der Waals surface area contributed by atoms with Gasteiger partial charge in [0.05, 0.1) is 11.4 Å². The van der Waals surface area contributed by atoms with Gasteiger partial charge < -0.3 is 15.8 Å². The summed E-state index contributed by atoms with van der Waals surface area (Å²) in [5.41, 5.74) is 7.03. The maximum Gasteiger partial charge on any atom is 0.387 e. The second-order valence-corrected chi connectivity index (χ2v) is 3.97. The number of aryl methyl sites for hydroxylation is 1. The van der Waals surface area contributed by atoms with Crippen molar-refractivity contribution in [3.63, 3.8) is 0 Å². The monoisotopic (exact) mass is 282 g/mol. The van der Waals surface area contributed by atoms with Crippen LogP contribution in [0.4, 0.5) is 20.2 Å². The van der Waals surface area contributed by atoms with E-state index in [2.05, 4.69) is 20.3 Å². The molecule has 0 atom stereocenters. The smallest absolute Gasteiger partial charge is 0.387 e. The van der Waals surface area contributed by atoms with Crippen molar-refractivity contribution in [1.82, 2.24) is 10.2 Å². The minimum absolute atomic E-state index is 0.00752. The zero-order valence-electron chi connectivity index (χ0n) is 10.5. The van der Waals surface area contributed by atoms with E-state index in [0.29, 0.717) is 11.4 Å². The van der Waals surface area contributed by atoms with E-state index in [-0.39, 0.29) is 17.1 Å². The highest BCUT2D eigenvalue weighted by Crippen LogP contribution is 2.19. The van der Waals surface area contributed by atoms with Crippen LogP contribution in [0, 0.1) is 6.92 Å². The number of nitrogens with two attached hydrogens (primary N) is 1. The van der Waals surface area contributed by atoms with Crippen LogP contribution in [0.2, 0.25) is 0 Å². The maximum atomic E-state index is 12.0. The number of aromatic amines is 1. The Morgan fingerprint density at radius 3 is 2.55 bits per heavy atom. The van der Waals surface area contributed by atoms with Gasteiger partial charge in [-0.3, -0.25) is 9.89 Å². The first-order valence-electron chi connectivity index (χ1n) is 5.64. The Hall–Kier alpha value is -2.64. The predicted molar refractivity (Wildman–Crippen MR) is 68.8 cm³/mol. The SMILES string of the molecule is Cc1[nH]nc(C(=O)Nc2ccc(OC(F)F)cc2)c1N. The fraction of sp³-hybridized carbons (Fsp3) is 0.167. The number of rotatable bonds is 4. The lowest BCUT2D eigenvalue weighted by Crippen LogP contribution is -2.14. The zero-order valence-corrected chi connectivity index (χ0v) is 10.5. The summed E-state index contributed by atoms with van der Waals surface area (Å²) in [5.74, 6) is -0.484. The number of alkyl halides is 2. The molecule has 0 aliphatic rings. The second-order valence-electron chi connectivity index (χ2n) is 3.97. The number of amides is 1. The molecule has 1 aromatic carbocycles. The van der Waals surface area contributed by atoms with Gasteiger partial charge in [-0.05, 0) is 31.2 Å². The van der Waals surface area contributed by atoms with Crippen LogP contribution >= 0.6 is 0 Å². The molecule has 0 spiro atoms. The number of nitrogens with zero attached hydrogens (tertiary/aromatic N) is 1. The molecular weight excluding hydrogens is 270 g/mol. The van der Waals surface area contributed by atoms with Crippen molar-refractivity contribution in [1.29, 1.82) is 0 Å². The molecule has 8 heteroatoms. The first-order valence-corrected chi connectivity index (χ1v) is 5.64.